The summed E-state index contributed by atoms with van der Waals surface area (Å²) in [7, 11) is 0. The average Bonchev–Trinajstić information content (AvgIpc) is 2.97. The van der Waals surface area contributed by atoms with E-state index in [1.807, 2.05) is 0 Å². The second-order valence-corrected chi connectivity index (χ2v) is 6.06. The largest absolute Gasteiger partial charge is 0.314 e. The first kappa shape index (κ1) is 17.6. The fourth-order valence-electron chi connectivity index (χ4n) is 3.79. The van der Waals surface area contributed by atoms with Crippen LogP contribution in [0.25, 0.3) is 0 Å². The van der Waals surface area contributed by atoms with Crippen molar-refractivity contribution in [3.8, 4) is 0 Å². The molecular formula is C16H22ClF3N2. The highest BCUT2D eigenvalue weighted by molar-refractivity contribution is 5.85. The van der Waals surface area contributed by atoms with Crippen LogP contribution in [-0.2, 0) is 0 Å². The molecule has 1 aliphatic heterocycles. The minimum absolute atomic E-state index is 0. The van der Waals surface area contributed by atoms with E-state index in [4.69, 9.17) is 0 Å². The Morgan fingerprint density at radius 3 is 2.09 bits per heavy atom. The van der Waals surface area contributed by atoms with Crippen molar-refractivity contribution in [3.05, 3.63) is 35.1 Å². The Labute approximate surface area is 135 Å². The average molecular weight is 335 g/mol. The van der Waals surface area contributed by atoms with Gasteiger partial charge in [-0.3, -0.25) is 4.90 Å². The highest BCUT2D eigenvalue weighted by Crippen LogP contribution is 2.41. The summed E-state index contributed by atoms with van der Waals surface area (Å²) < 4.78 is 41.7. The van der Waals surface area contributed by atoms with Crippen molar-refractivity contribution in [1.82, 2.24) is 10.2 Å². The maximum atomic E-state index is 14.2. The highest BCUT2D eigenvalue weighted by atomic mass is 35.5. The van der Waals surface area contributed by atoms with Crippen LogP contribution in [0.5, 0.6) is 0 Å². The van der Waals surface area contributed by atoms with Crippen LogP contribution in [-0.4, -0.2) is 31.1 Å². The van der Waals surface area contributed by atoms with Gasteiger partial charge in [0.1, 0.15) is 17.5 Å². The van der Waals surface area contributed by atoms with Gasteiger partial charge in [-0.1, -0.05) is 12.8 Å². The number of benzene rings is 1. The molecule has 1 aliphatic carbocycles. The molecule has 0 radical (unpaired) electrons. The zero-order valence-corrected chi connectivity index (χ0v) is 13.3. The molecule has 1 atom stereocenters. The molecule has 6 heteroatoms. The van der Waals surface area contributed by atoms with Gasteiger partial charge in [-0.05, 0) is 18.8 Å². The number of hydrogen-bond donors (Lipinski definition) is 1. The molecule has 22 heavy (non-hydrogen) atoms. The third kappa shape index (κ3) is 3.58. The second kappa shape index (κ2) is 7.66. The molecule has 1 aromatic rings. The van der Waals surface area contributed by atoms with E-state index in [0.29, 0.717) is 0 Å². The molecule has 3 rings (SSSR count). The fourth-order valence-corrected chi connectivity index (χ4v) is 3.79. The van der Waals surface area contributed by atoms with Gasteiger partial charge in [0.25, 0.3) is 0 Å². The summed E-state index contributed by atoms with van der Waals surface area (Å²) in [5.74, 6) is -2.08. The number of rotatable bonds is 3. The molecule has 1 saturated heterocycles. The van der Waals surface area contributed by atoms with Gasteiger partial charge in [0.05, 0.1) is 0 Å². The number of nitrogens with zero attached hydrogens (tertiary/aromatic N) is 1. The first-order chi connectivity index (χ1) is 10.2. The van der Waals surface area contributed by atoms with Gasteiger partial charge < -0.3 is 5.32 Å². The van der Waals surface area contributed by atoms with Gasteiger partial charge in [-0.25, -0.2) is 13.2 Å². The van der Waals surface area contributed by atoms with E-state index in [1.165, 1.54) is 0 Å². The standard InChI is InChI=1S/C16H21F3N2.ClH/c17-12-9-13(18)15(14(19)10-12)16(11-3-1-2-4-11)21-7-5-20-6-8-21;/h9-11,16,20H,1-8H2;1H/t16-;/m0./s1. The minimum Gasteiger partial charge on any atom is -0.314 e. The van der Waals surface area contributed by atoms with Gasteiger partial charge in [-0.15, -0.1) is 12.4 Å². The summed E-state index contributed by atoms with van der Waals surface area (Å²) in [6.45, 7) is 3.20. The molecule has 1 saturated carbocycles. The molecule has 1 N–H and O–H groups in total. The predicted octanol–water partition coefficient (Wildman–Crippen LogP) is 3.66. The van der Waals surface area contributed by atoms with Crippen LogP contribution in [0.4, 0.5) is 13.2 Å². The minimum atomic E-state index is -0.848. The molecule has 2 nitrogen and oxygen atoms in total. The lowest BCUT2D eigenvalue weighted by Gasteiger charge is -2.38. The monoisotopic (exact) mass is 334 g/mol. The number of piperazine rings is 1. The predicted molar refractivity (Wildman–Crippen MR) is 82.7 cm³/mol. The highest BCUT2D eigenvalue weighted by Gasteiger charge is 2.35. The maximum Gasteiger partial charge on any atom is 0.133 e. The zero-order valence-electron chi connectivity index (χ0n) is 12.5. The SMILES string of the molecule is Cl.Fc1cc(F)c([C@H](C2CCCC2)N2CCNCC2)c(F)c1. The van der Waals surface area contributed by atoms with E-state index in [1.54, 1.807) is 0 Å². The molecule has 2 aliphatic rings. The quantitative estimate of drug-likeness (QED) is 0.907. The summed E-state index contributed by atoms with van der Waals surface area (Å²) in [4.78, 5) is 2.16. The third-order valence-electron chi connectivity index (χ3n) is 4.73. The summed E-state index contributed by atoms with van der Waals surface area (Å²) in [6.07, 6.45) is 4.20. The number of hydrogen-bond acceptors (Lipinski definition) is 2. The molecule has 0 spiro atoms. The lowest BCUT2D eigenvalue weighted by molar-refractivity contribution is 0.119. The van der Waals surface area contributed by atoms with Crippen molar-refractivity contribution in [2.75, 3.05) is 26.2 Å². The Hall–Kier alpha value is -0.780. The lowest BCUT2D eigenvalue weighted by Crippen LogP contribution is -2.47. The molecule has 0 aromatic heterocycles. The van der Waals surface area contributed by atoms with Gasteiger partial charge >= 0.3 is 0 Å². The van der Waals surface area contributed by atoms with E-state index in [0.717, 1.165) is 64.0 Å². The van der Waals surface area contributed by atoms with Crippen LogP contribution in [0, 0.1) is 23.4 Å². The van der Waals surface area contributed by atoms with Crippen LogP contribution < -0.4 is 5.32 Å². The Bertz CT molecular complexity index is 477. The van der Waals surface area contributed by atoms with E-state index >= 15 is 0 Å². The van der Waals surface area contributed by atoms with E-state index in [2.05, 4.69) is 10.2 Å². The third-order valence-corrected chi connectivity index (χ3v) is 4.73. The summed E-state index contributed by atoms with van der Waals surface area (Å²) in [5.41, 5.74) is 0.0604. The van der Waals surface area contributed by atoms with Gasteiger partial charge in [0, 0.05) is 49.9 Å². The molecule has 0 unspecified atom stereocenters. The lowest BCUT2D eigenvalue weighted by atomic mass is 9.89. The van der Waals surface area contributed by atoms with Crippen molar-refractivity contribution < 1.29 is 13.2 Å². The molecule has 1 heterocycles. The Morgan fingerprint density at radius 1 is 1.00 bits per heavy atom. The van der Waals surface area contributed by atoms with Crippen molar-refractivity contribution in [3.63, 3.8) is 0 Å². The first-order valence-corrected chi connectivity index (χ1v) is 7.76. The van der Waals surface area contributed by atoms with E-state index < -0.39 is 17.5 Å². The van der Waals surface area contributed by atoms with Crippen LogP contribution in [0.15, 0.2) is 12.1 Å². The van der Waals surface area contributed by atoms with Crippen LogP contribution in [0.2, 0.25) is 0 Å². The maximum absolute atomic E-state index is 14.2. The Kier molecular flexibility index (Phi) is 6.12. The molecule has 1 aromatic carbocycles. The fraction of sp³-hybridized carbons (Fsp3) is 0.625. The van der Waals surface area contributed by atoms with Gasteiger partial charge in [-0.2, -0.15) is 0 Å². The van der Waals surface area contributed by atoms with Gasteiger partial charge in [0.15, 0.2) is 0 Å². The molecule has 2 fully saturated rings. The number of nitrogens with one attached hydrogen (secondary N) is 1. The van der Waals surface area contributed by atoms with Crippen LogP contribution >= 0.6 is 12.4 Å². The van der Waals surface area contributed by atoms with Crippen LogP contribution in [0.3, 0.4) is 0 Å². The topological polar surface area (TPSA) is 15.3 Å². The summed E-state index contributed by atoms with van der Waals surface area (Å²) in [6, 6.07) is 1.35. The first-order valence-electron chi connectivity index (χ1n) is 7.76. The second-order valence-electron chi connectivity index (χ2n) is 6.06. The smallest absolute Gasteiger partial charge is 0.133 e. The van der Waals surface area contributed by atoms with Crippen molar-refractivity contribution in [2.45, 2.75) is 31.7 Å². The van der Waals surface area contributed by atoms with Crippen molar-refractivity contribution in [2.24, 2.45) is 5.92 Å². The normalized spacial score (nSPS) is 21.6. The molecule has 124 valence electrons. The Balaban J connectivity index is 0.00000176. The van der Waals surface area contributed by atoms with Crippen molar-refractivity contribution in [1.29, 1.82) is 0 Å². The Morgan fingerprint density at radius 2 is 1.55 bits per heavy atom. The van der Waals surface area contributed by atoms with Crippen molar-refractivity contribution >= 4 is 12.4 Å². The van der Waals surface area contributed by atoms with E-state index in [9.17, 15) is 13.2 Å². The zero-order chi connectivity index (χ0) is 14.8. The van der Waals surface area contributed by atoms with Gasteiger partial charge in [0.2, 0.25) is 0 Å². The number of halogens is 4. The molecule has 0 amide bonds. The molecule has 0 bridgehead atoms. The van der Waals surface area contributed by atoms with E-state index in [-0.39, 0.29) is 29.9 Å². The summed E-state index contributed by atoms with van der Waals surface area (Å²) in [5, 5.41) is 3.26. The summed E-state index contributed by atoms with van der Waals surface area (Å²) >= 11 is 0. The van der Waals surface area contributed by atoms with Crippen LogP contribution in [0.1, 0.15) is 37.3 Å². The molecular weight excluding hydrogens is 313 g/mol.